The molecule has 1 saturated heterocycles. The Morgan fingerprint density at radius 1 is 1.17 bits per heavy atom. The van der Waals surface area contributed by atoms with Crippen molar-refractivity contribution in [2.24, 2.45) is 0 Å². The highest BCUT2D eigenvalue weighted by atomic mass is 35.5. The van der Waals surface area contributed by atoms with E-state index in [4.69, 9.17) is 4.74 Å². The van der Waals surface area contributed by atoms with Gasteiger partial charge in [-0.3, -0.25) is 29.5 Å². The zero-order valence-corrected chi connectivity index (χ0v) is 13.1. The Morgan fingerprint density at radius 2 is 1.87 bits per heavy atom. The SMILES string of the molecule is Cl.O=C(CN1CCOCC1)Nc1cccc2c(=O)[nH][nH]c(=O)c12. The number of fused-ring (bicyclic) bond motifs is 1. The van der Waals surface area contributed by atoms with Crippen LogP contribution in [0.5, 0.6) is 0 Å². The lowest BCUT2D eigenvalue weighted by Crippen LogP contribution is -2.41. The molecule has 0 bridgehead atoms. The quantitative estimate of drug-likeness (QED) is 0.724. The lowest BCUT2D eigenvalue weighted by atomic mass is 10.1. The van der Waals surface area contributed by atoms with E-state index in [2.05, 4.69) is 15.5 Å². The number of aromatic nitrogens is 2. The first-order valence-corrected chi connectivity index (χ1v) is 6.99. The topological polar surface area (TPSA) is 107 Å². The smallest absolute Gasteiger partial charge is 0.272 e. The summed E-state index contributed by atoms with van der Waals surface area (Å²) in [7, 11) is 0. The molecule has 9 heteroatoms. The Morgan fingerprint density at radius 3 is 2.61 bits per heavy atom. The highest BCUT2D eigenvalue weighted by Gasteiger charge is 2.16. The van der Waals surface area contributed by atoms with Crippen LogP contribution in [0.15, 0.2) is 27.8 Å². The molecule has 0 spiro atoms. The summed E-state index contributed by atoms with van der Waals surface area (Å²) in [5.41, 5.74) is -0.515. The van der Waals surface area contributed by atoms with Crippen molar-refractivity contribution in [3.63, 3.8) is 0 Å². The first-order valence-electron chi connectivity index (χ1n) is 6.99. The molecular weight excluding hydrogens is 324 g/mol. The van der Waals surface area contributed by atoms with E-state index in [-0.39, 0.29) is 35.6 Å². The highest BCUT2D eigenvalue weighted by Crippen LogP contribution is 2.16. The van der Waals surface area contributed by atoms with E-state index in [1.807, 2.05) is 4.90 Å². The number of hydrogen-bond acceptors (Lipinski definition) is 5. The van der Waals surface area contributed by atoms with Gasteiger partial charge in [-0.05, 0) is 12.1 Å². The number of nitrogens with one attached hydrogen (secondary N) is 3. The van der Waals surface area contributed by atoms with Crippen LogP contribution in [0.3, 0.4) is 0 Å². The van der Waals surface area contributed by atoms with Crippen molar-refractivity contribution in [3.8, 4) is 0 Å². The summed E-state index contributed by atoms with van der Waals surface area (Å²) >= 11 is 0. The summed E-state index contributed by atoms with van der Waals surface area (Å²) in [6.45, 7) is 2.83. The number of morpholine rings is 1. The van der Waals surface area contributed by atoms with Gasteiger partial charge in [-0.1, -0.05) is 6.07 Å². The summed E-state index contributed by atoms with van der Waals surface area (Å²) < 4.78 is 5.23. The number of H-pyrrole nitrogens is 2. The van der Waals surface area contributed by atoms with E-state index >= 15 is 0 Å². The van der Waals surface area contributed by atoms with Gasteiger partial charge in [0.15, 0.2) is 0 Å². The van der Waals surface area contributed by atoms with Crippen molar-refractivity contribution in [2.75, 3.05) is 38.2 Å². The van der Waals surface area contributed by atoms with Crippen LogP contribution in [-0.2, 0) is 9.53 Å². The first-order chi connectivity index (χ1) is 10.6. The lowest BCUT2D eigenvalue weighted by Gasteiger charge is -2.25. The molecule has 2 aromatic rings. The summed E-state index contributed by atoms with van der Waals surface area (Å²) in [6, 6.07) is 4.77. The number of halogens is 1. The molecule has 1 aliphatic heterocycles. The van der Waals surface area contributed by atoms with Gasteiger partial charge in [0.2, 0.25) is 5.91 Å². The molecule has 0 saturated carbocycles. The molecule has 124 valence electrons. The molecule has 2 heterocycles. The minimum atomic E-state index is -0.447. The van der Waals surface area contributed by atoms with Gasteiger partial charge >= 0.3 is 0 Å². The molecular formula is C14H17ClN4O4. The van der Waals surface area contributed by atoms with Gasteiger partial charge in [-0.25, -0.2) is 0 Å². The van der Waals surface area contributed by atoms with Gasteiger partial charge < -0.3 is 10.1 Å². The maximum Gasteiger partial charge on any atom is 0.272 e. The second-order valence-corrected chi connectivity index (χ2v) is 5.07. The Balaban J connectivity index is 0.00000192. The minimum Gasteiger partial charge on any atom is -0.379 e. The van der Waals surface area contributed by atoms with Crippen LogP contribution in [0, 0.1) is 0 Å². The molecule has 1 aromatic carbocycles. The molecule has 8 nitrogen and oxygen atoms in total. The number of ether oxygens (including phenoxy) is 1. The maximum atomic E-state index is 12.1. The van der Waals surface area contributed by atoms with Crippen LogP contribution < -0.4 is 16.4 Å². The molecule has 3 N–H and O–H groups in total. The number of rotatable bonds is 3. The van der Waals surface area contributed by atoms with Crippen molar-refractivity contribution in [1.82, 2.24) is 15.1 Å². The first kappa shape index (κ1) is 17.2. The maximum absolute atomic E-state index is 12.1. The summed E-state index contributed by atoms with van der Waals surface area (Å²) in [4.78, 5) is 37.7. The Bertz CT molecular complexity index is 810. The average molecular weight is 341 g/mol. The minimum absolute atomic E-state index is 0. The monoisotopic (exact) mass is 340 g/mol. The number of aromatic amines is 2. The van der Waals surface area contributed by atoms with E-state index in [1.54, 1.807) is 18.2 Å². The highest BCUT2D eigenvalue weighted by molar-refractivity contribution is 6.02. The van der Waals surface area contributed by atoms with Gasteiger partial charge in [0.05, 0.1) is 36.2 Å². The van der Waals surface area contributed by atoms with E-state index in [0.29, 0.717) is 32.0 Å². The Labute approximate surface area is 137 Å². The van der Waals surface area contributed by atoms with Gasteiger partial charge in [-0.2, -0.15) is 0 Å². The molecule has 23 heavy (non-hydrogen) atoms. The standard InChI is InChI=1S/C14H16N4O4.ClH/c19-11(8-18-4-6-22-7-5-18)15-10-3-1-2-9-12(10)14(21)17-16-13(9)20;/h1-3H,4-8H2,(H,15,19)(H,16,20)(H,17,21);1H. The van der Waals surface area contributed by atoms with Crippen molar-refractivity contribution in [1.29, 1.82) is 0 Å². The van der Waals surface area contributed by atoms with Crippen molar-refractivity contribution < 1.29 is 9.53 Å². The van der Waals surface area contributed by atoms with Crippen LogP contribution in [0.2, 0.25) is 0 Å². The number of hydrogen-bond donors (Lipinski definition) is 3. The Hall–Kier alpha value is -2.16. The van der Waals surface area contributed by atoms with E-state index in [9.17, 15) is 14.4 Å². The third-order valence-electron chi connectivity index (χ3n) is 3.57. The third kappa shape index (κ3) is 3.79. The molecule has 0 radical (unpaired) electrons. The second-order valence-electron chi connectivity index (χ2n) is 5.07. The van der Waals surface area contributed by atoms with Gasteiger partial charge in [-0.15, -0.1) is 12.4 Å². The van der Waals surface area contributed by atoms with Crippen LogP contribution in [0.25, 0.3) is 10.8 Å². The molecule has 1 amide bonds. The van der Waals surface area contributed by atoms with Crippen LogP contribution in [0.4, 0.5) is 5.69 Å². The van der Waals surface area contributed by atoms with Crippen molar-refractivity contribution in [2.45, 2.75) is 0 Å². The second kappa shape index (κ2) is 7.40. The normalized spacial score (nSPS) is 15.1. The number of anilines is 1. The molecule has 0 unspecified atom stereocenters. The summed E-state index contributed by atoms with van der Waals surface area (Å²) in [5.74, 6) is -0.228. The van der Waals surface area contributed by atoms with Gasteiger partial charge in [0, 0.05) is 13.1 Å². The number of benzene rings is 1. The van der Waals surface area contributed by atoms with E-state index in [0.717, 1.165) is 0 Å². The fraction of sp³-hybridized carbons (Fsp3) is 0.357. The number of carbonyl (C=O) groups is 1. The molecule has 3 rings (SSSR count). The molecule has 0 aliphatic carbocycles. The fourth-order valence-corrected chi connectivity index (χ4v) is 2.49. The number of nitrogens with zero attached hydrogens (tertiary/aromatic N) is 1. The molecule has 1 aromatic heterocycles. The van der Waals surface area contributed by atoms with Crippen LogP contribution in [0.1, 0.15) is 0 Å². The largest absolute Gasteiger partial charge is 0.379 e. The van der Waals surface area contributed by atoms with E-state index in [1.165, 1.54) is 0 Å². The van der Waals surface area contributed by atoms with Crippen LogP contribution >= 0.6 is 12.4 Å². The number of amides is 1. The van der Waals surface area contributed by atoms with E-state index < -0.39 is 11.1 Å². The Kier molecular flexibility index (Phi) is 5.54. The van der Waals surface area contributed by atoms with Gasteiger partial charge in [0.25, 0.3) is 11.1 Å². The average Bonchev–Trinajstić information content (AvgIpc) is 2.52. The van der Waals surface area contributed by atoms with Crippen molar-refractivity contribution in [3.05, 3.63) is 38.9 Å². The molecule has 1 aliphatic rings. The molecule has 0 atom stereocenters. The number of carbonyl (C=O) groups excluding carboxylic acids is 1. The molecule has 1 fully saturated rings. The van der Waals surface area contributed by atoms with Gasteiger partial charge in [0.1, 0.15) is 0 Å². The van der Waals surface area contributed by atoms with Crippen LogP contribution in [-0.4, -0.2) is 53.9 Å². The summed E-state index contributed by atoms with van der Waals surface area (Å²) in [5, 5.41) is 7.66. The summed E-state index contributed by atoms with van der Waals surface area (Å²) in [6.07, 6.45) is 0. The zero-order valence-electron chi connectivity index (χ0n) is 12.3. The predicted octanol–water partition coefficient (Wildman–Crippen LogP) is -0.0911. The fourth-order valence-electron chi connectivity index (χ4n) is 2.49. The third-order valence-corrected chi connectivity index (χ3v) is 3.57. The zero-order chi connectivity index (χ0) is 15.5. The lowest BCUT2D eigenvalue weighted by molar-refractivity contribution is -0.118. The van der Waals surface area contributed by atoms with Crippen molar-refractivity contribution >= 4 is 34.8 Å². The predicted molar refractivity (Wildman–Crippen MR) is 88.3 cm³/mol.